The molecule has 0 aliphatic heterocycles. The smallest absolute Gasteiger partial charge is 0.260 e. The zero-order valence-electron chi connectivity index (χ0n) is 20.2. The molecule has 2 N–H and O–H groups in total. The van der Waals surface area contributed by atoms with E-state index in [4.69, 9.17) is 0 Å². The Kier molecular flexibility index (Phi) is 6.31. The number of aryl methyl sites for hydroxylation is 1. The van der Waals surface area contributed by atoms with E-state index < -0.39 is 40.7 Å². The molecule has 0 radical (unpaired) electrons. The molecule has 5 aromatic rings. The highest BCUT2D eigenvalue weighted by Gasteiger charge is 2.22. The molecule has 10 heteroatoms. The molecule has 192 valence electrons. The van der Waals surface area contributed by atoms with Crippen LogP contribution in [0.1, 0.15) is 18.4 Å². The highest BCUT2D eigenvalue weighted by molar-refractivity contribution is 6.04. The van der Waals surface area contributed by atoms with Gasteiger partial charge in [0, 0.05) is 30.6 Å². The molecule has 0 saturated heterocycles. The van der Waals surface area contributed by atoms with Crippen molar-refractivity contribution in [3.8, 4) is 22.4 Å². The Morgan fingerprint density at radius 2 is 1.66 bits per heavy atom. The van der Waals surface area contributed by atoms with Crippen LogP contribution in [0.3, 0.4) is 0 Å². The van der Waals surface area contributed by atoms with Gasteiger partial charge in [-0.3, -0.25) is 9.59 Å². The Morgan fingerprint density at radius 1 is 0.974 bits per heavy atom. The van der Waals surface area contributed by atoms with Gasteiger partial charge in [-0.25, -0.2) is 22.5 Å². The summed E-state index contributed by atoms with van der Waals surface area (Å²) in [6.07, 6.45) is 2.96. The van der Waals surface area contributed by atoms with Gasteiger partial charge in [-0.1, -0.05) is 12.1 Å². The SMILES string of the molecule is CC(C(=O)Nc1cc(-c2[nH]c3ccn(C)c(=O)c3c2-c2cc(F)c(F)c(F)c2)ccn1)c1ccc(F)cc1. The number of rotatable bonds is 5. The fourth-order valence-corrected chi connectivity index (χ4v) is 4.29. The average Bonchev–Trinajstić information content (AvgIpc) is 3.30. The molecule has 1 amide bonds. The van der Waals surface area contributed by atoms with E-state index in [1.165, 1.54) is 54.3 Å². The zero-order chi connectivity index (χ0) is 27.1. The Labute approximate surface area is 213 Å². The number of H-pyrrole nitrogens is 1. The van der Waals surface area contributed by atoms with Crippen LogP contribution in [0.25, 0.3) is 33.3 Å². The Bertz CT molecular complexity index is 1740. The van der Waals surface area contributed by atoms with Gasteiger partial charge in [0.05, 0.1) is 22.5 Å². The van der Waals surface area contributed by atoms with Crippen LogP contribution in [0, 0.1) is 23.3 Å². The van der Waals surface area contributed by atoms with Gasteiger partial charge >= 0.3 is 0 Å². The largest absolute Gasteiger partial charge is 0.354 e. The lowest BCUT2D eigenvalue weighted by Gasteiger charge is -2.13. The number of nitrogens with zero attached hydrogens (tertiary/aromatic N) is 2. The number of pyridine rings is 2. The molecule has 2 aromatic carbocycles. The summed E-state index contributed by atoms with van der Waals surface area (Å²) in [5.74, 6) is -5.66. The van der Waals surface area contributed by atoms with E-state index in [2.05, 4.69) is 15.3 Å². The van der Waals surface area contributed by atoms with E-state index in [-0.39, 0.29) is 22.3 Å². The fourth-order valence-electron chi connectivity index (χ4n) is 4.29. The summed E-state index contributed by atoms with van der Waals surface area (Å²) in [7, 11) is 1.53. The summed E-state index contributed by atoms with van der Waals surface area (Å²) in [4.78, 5) is 33.2. The fraction of sp³-hybridized carbons (Fsp3) is 0.107. The van der Waals surface area contributed by atoms with Crippen LogP contribution < -0.4 is 10.9 Å². The van der Waals surface area contributed by atoms with Crippen molar-refractivity contribution in [1.82, 2.24) is 14.5 Å². The Balaban J connectivity index is 1.60. The van der Waals surface area contributed by atoms with Crippen molar-refractivity contribution in [2.75, 3.05) is 5.32 Å². The van der Waals surface area contributed by atoms with Crippen LogP contribution >= 0.6 is 0 Å². The van der Waals surface area contributed by atoms with Gasteiger partial charge in [0.1, 0.15) is 11.6 Å². The second kappa shape index (κ2) is 9.62. The van der Waals surface area contributed by atoms with E-state index in [1.54, 1.807) is 19.1 Å². The highest BCUT2D eigenvalue weighted by atomic mass is 19.2. The number of hydrogen-bond acceptors (Lipinski definition) is 3. The first-order valence-corrected chi connectivity index (χ1v) is 11.5. The van der Waals surface area contributed by atoms with Gasteiger partial charge in [-0.05, 0) is 60.5 Å². The lowest BCUT2D eigenvalue weighted by atomic mass is 9.98. The Hall–Kier alpha value is -4.73. The third-order valence-corrected chi connectivity index (χ3v) is 6.36. The minimum atomic E-state index is -1.62. The predicted octanol–water partition coefficient (Wildman–Crippen LogP) is 5.89. The van der Waals surface area contributed by atoms with Crippen molar-refractivity contribution in [3.63, 3.8) is 0 Å². The van der Waals surface area contributed by atoms with Gasteiger partial charge in [0.25, 0.3) is 5.56 Å². The van der Waals surface area contributed by atoms with E-state index in [0.717, 1.165) is 12.1 Å². The predicted molar refractivity (Wildman–Crippen MR) is 136 cm³/mol. The van der Waals surface area contributed by atoms with Gasteiger partial charge in [-0.2, -0.15) is 0 Å². The molecule has 3 aromatic heterocycles. The van der Waals surface area contributed by atoms with E-state index in [0.29, 0.717) is 22.3 Å². The number of halogens is 4. The van der Waals surface area contributed by atoms with E-state index in [9.17, 15) is 27.2 Å². The summed E-state index contributed by atoms with van der Waals surface area (Å²) in [5.41, 5.74) is 1.47. The summed E-state index contributed by atoms with van der Waals surface area (Å²) in [5, 5.41) is 2.87. The van der Waals surface area contributed by atoms with Crippen molar-refractivity contribution in [2.24, 2.45) is 7.05 Å². The molecule has 5 rings (SSSR count). The van der Waals surface area contributed by atoms with Crippen LogP contribution in [0.5, 0.6) is 0 Å². The molecule has 0 spiro atoms. The number of aromatic nitrogens is 3. The molecule has 1 atom stereocenters. The van der Waals surface area contributed by atoms with E-state index in [1.807, 2.05) is 0 Å². The minimum Gasteiger partial charge on any atom is -0.354 e. The molecule has 6 nitrogen and oxygen atoms in total. The minimum absolute atomic E-state index is 0.0433. The number of anilines is 1. The number of aromatic amines is 1. The van der Waals surface area contributed by atoms with Crippen LogP contribution in [-0.2, 0) is 11.8 Å². The number of nitrogens with one attached hydrogen (secondary N) is 2. The number of amides is 1. The summed E-state index contributed by atoms with van der Waals surface area (Å²) in [6, 6.07) is 12.0. The maximum absolute atomic E-state index is 14.2. The molecular formula is C28H20F4N4O2. The zero-order valence-corrected chi connectivity index (χ0v) is 20.2. The lowest BCUT2D eigenvalue weighted by molar-refractivity contribution is -0.117. The van der Waals surface area contributed by atoms with Crippen LogP contribution in [0.15, 0.2) is 71.8 Å². The second-order valence-corrected chi connectivity index (χ2v) is 8.84. The maximum Gasteiger partial charge on any atom is 0.260 e. The Morgan fingerprint density at radius 3 is 2.34 bits per heavy atom. The number of fused-ring (bicyclic) bond motifs is 1. The average molecular weight is 520 g/mol. The van der Waals surface area contributed by atoms with Gasteiger partial charge in [0.2, 0.25) is 5.91 Å². The van der Waals surface area contributed by atoms with Crippen molar-refractivity contribution in [1.29, 1.82) is 0 Å². The van der Waals surface area contributed by atoms with Gasteiger partial charge in [-0.15, -0.1) is 0 Å². The third-order valence-electron chi connectivity index (χ3n) is 6.36. The molecule has 0 fully saturated rings. The van der Waals surface area contributed by atoms with Gasteiger partial charge < -0.3 is 14.9 Å². The number of hydrogen-bond donors (Lipinski definition) is 2. The van der Waals surface area contributed by atoms with Crippen LogP contribution in [-0.4, -0.2) is 20.4 Å². The van der Waals surface area contributed by atoms with Crippen LogP contribution in [0.4, 0.5) is 23.4 Å². The first-order valence-electron chi connectivity index (χ1n) is 11.5. The topological polar surface area (TPSA) is 79.8 Å². The van der Waals surface area contributed by atoms with Crippen molar-refractivity contribution in [3.05, 3.63) is 106 Å². The van der Waals surface area contributed by atoms with Crippen molar-refractivity contribution in [2.45, 2.75) is 12.8 Å². The standard InChI is InChI=1S/C28H20F4N4O2/c1-14(15-3-5-18(29)6-4-15)27(37)35-22-13-16(7-9-33-22)26-23(17-11-19(30)25(32)20(31)12-17)24-21(34-26)8-10-36(2)28(24)38/h3-14,34H,1-2H3,(H,33,35,37). The summed E-state index contributed by atoms with van der Waals surface area (Å²) in [6.45, 7) is 1.66. The number of carbonyl (C=O) groups excluding carboxylic acids is 1. The van der Waals surface area contributed by atoms with Crippen LogP contribution in [0.2, 0.25) is 0 Å². The molecule has 0 bridgehead atoms. The lowest BCUT2D eigenvalue weighted by Crippen LogP contribution is -2.19. The van der Waals surface area contributed by atoms with E-state index >= 15 is 0 Å². The third kappa shape index (κ3) is 4.45. The second-order valence-electron chi connectivity index (χ2n) is 8.84. The maximum atomic E-state index is 14.2. The first-order chi connectivity index (χ1) is 18.1. The summed E-state index contributed by atoms with van der Waals surface area (Å²) >= 11 is 0. The molecule has 0 aliphatic rings. The quantitative estimate of drug-likeness (QED) is 0.224. The summed E-state index contributed by atoms with van der Waals surface area (Å²) < 4.78 is 56.7. The first kappa shape index (κ1) is 24.9. The number of benzene rings is 2. The molecule has 0 saturated carbocycles. The normalized spacial score (nSPS) is 12.1. The van der Waals surface area contributed by atoms with Crippen molar-refractivity contribution < 1.29 is 22.4 Å². The number of carbonyl (C=O) groups is 1. The highest BCUT2D eigenvalue weighted by Crippen LogP contribution is 2.38. The molecule has 38 heavy (non-hydrogen) atoms. The molecule has 0 aliphatic carbocycles. The monoisotopic (exact) mass is 520 g/mol. The van der Waals surface area contributed by atoms with Crippen molar-refractivity contribution >= 4 is 22.6 Å². The molecular weight excluding hydrogens is 500 g/mol. The molecule has 3 heterocycles. The van der Waals surface area contributed by atoms with Gasteiger partial charge in [0.15, 0.2) is 17.5 Å². The molecule has 1 unspecified atom stereocenters.